The second kappa shape index (κ2) is 10.1. The first kappa shape index (κ1) is 25.1. The number of thiophene rings is 1. The van der Waals surface area contributed by atoms with Crippen LogP contribution in [0.1, 0.15) is 59.1 Å². The van der Waals surface area contributed by atoms with Crippen molar-refractivity contribution in [3.63, 3.8) is 0 Å². The third-order valence-corrected chi connectivity index (χ3v) is 8.71. The van der Waals surface area contributed by atoms with Crippen LogP contribution in [0.3, 0.4) is 0 Å². The molecule has 3 heterocycles. The molecule has 5 rings (SSSR count). The van der Waals surface area contributed by atoms with Crippen LogP contribution in [0, 0.1) is 25.2 Å². The van der Waals surface area contributed by atoms with Crippen LogP contribution < -0.4 is 4.90 Å². The van der Waals surface area contributed by atoms with E-state index in [2.05, 4.69) is 10.6 Å². The van der Waals surface area contributed by atoms with Crippen LogP contribution in [0.25, 0.3) is 11.1 Å². The van der Waals surface area contributed by atoms with Gasteiger partial charge in [-0.2, -0.15) is 5.26 Å². The smallest absolute Gasteiger partial charge is 0.270 e. The van der Waals surface area contributed by atoms with Crippen molar-refractivity contribution in [1.82, 2.24) is 9.47 Å². The summed E-state index contributed by atoms with van der Waals surface area (Å²) in [5.74, 6) is -0.805. The number of rotatable bonds is 5. The Bertz CT molecular complexity index is 1490. The standard InChI is InChI=1S/C29H28N4O2S2/c1-4-14-31-26(34)23(27(35)33(29(31)36)21-10-6-5-7-11-21)16-20-15-18(2)32(19(20)3)28-24(17-30)22-12-8-9-13-25(22)37-28/h5-7,10-11,15-16H,4,8-9,12-14H2,1-3H3/b23-16+. The minimum atomic E-state index is -0.428. The molecule has 0 unspecified atom stereocenters. The molecule has 8 heteroatoms. The molecule has 2 amide bonds. The van der Waals surface area contributed by atoms with Crippen molar-refractivity contribution in [2.24, 2.45) is 0 Å². The molecule has 6 nitrogen and oxygen atoms in total. The Morgan fingerprint density at radius 1 is 1.11 bits per heavy atom. The van der Waals surface area contributed by atoms with Crippen LogP contribution in [-0.2, 0) is 22.4 Å². The zero-order valence-electron chi connectivity index (χ0n) is 21.2. The third kappa shape index (κ3) is 4.22. The number of fused-ring (bicyclic) bond motifs is 1. The molecule has 0 radical (unpaired) electrons. The van der Waals surface area contributed by atoms with Gasteiger partial charge in [-0.25, -0.2) is 0 Å². The summed E-state index contributed by atoms with van der Waals surface area (Å²) in [5.41, 5.74) is 5.27. The zero-order valence-corrected chi connectivity index (χ0v) is 22.8. The summed E-state index contributed by atoms with van der Waals surface area (Å²) in [6.45, 7) is 6.37. The highest BCUT2D eigenvalue weighted by molar-refractivity contribution is 7.80. The topological polar surface area (TPSA) is 69.3 Å². The maximum atomic E-state index is 13.7. The molecule has 2 aliphatic rings. The lowest BCUT2D eigenvalue weighted by Crippen LogP contribution is -2.56. The van der Waals surface area contributed by atoms with Crippen molar-refractivity contribution in [3.05, 3.63) is 74.9 Å². The van der Waals surface area contributed by atoms with E-state index in [1.165, 1.54) is 20.2 Å². The first-order valence-electron chi connectivity index (χ1n) is 12.6. The average Bonchev–Trinajstić information content (AvgIpc) is 3.40. The number of thiocarbonyl (C=S) groups is 1. The molecule has 0 spiro atoms. The van der Waals surface area contributed by atoms with Crippen molar-refractivity contribution in [2.75, 3.05) is 11.4 Å². The molecule has 1 aliphatic heterocycles. The van der Waals surface area contributed by atoms with E-state index < -0.39 is 5.91 Å². The Morgan fingerprint density at radius 2 is 1.84 bits per heavy atom. The van der Waals surface area contributed by atoms with Gasteiger partial charge in [0.25, 0.3) is 11.8 Å². The first-order chi connectivity index (χ1) is 17.9. The van der Waals surface area contributed by atoms with Gasteiger partial charge in [0.2, 0.25) is 0 Å². The van der Waals surface area contributed by atoms with Crippen LogP contribution in [0.5, 0.6) is 0 Å². The van der Waals surface area contributed by atoms with E-state index in [1.54, 1.807) is 17.4 Å². The lowest BCUT2D eigenvalue weighted by molar-refractivity contribution is -0.127. The molecule has 1 saturated heterocycles. The van der Waals surface area contributed by atoms with Crippen LogP contribution in [0.15, 0.2) is 42.0 Å². The lowest BCUT2D eigenvalue weighted by Gasteiger charge is -2.36. The van der Waals surface area contributed by atoms with Crippen molar-refractivity contribution in [3.8, 4) is 11.1 Å². The van der Waals surface area contributed by atoms with Gasteiger partial charge < -0.3 is 4.57 Å². The second-order valence-corrected chi connectivity index (χ2v) is 10.9. The summed E-state index contributed by atoms with van der Waals surface area (Å²) in [4.78, 5) is 31.4. The van der Waals surface area contributed by atoms with Crippen LogP contribution in [-0.4, -0.2) is 32.9 Å². The summed E-state index contributed by atoms with van der Waals surface area (Å²) in [6, 6.07) is 13.6. The molecule has 3 aromatic rings. The van der Waals surface area contributed by atoms with Gasteiger partial charge in [-0.1, -0.05) is 25.1 Å². The predicted octanol–water partition coefficient (Wildman–Crippen LogP) is 5.86. The maximum Gasteiger partial charge on any atom is 0.270 e. The number of nitrogens with zero attached hydrogens (tertiary/aromatic N) is 4. The van der Waals surface area contributed by atoms with Gasteiger partial charge in [0.15, 0.2) is 5.11 Å². The van der Waals surface area contributed by atoms with Crippen LogP contribution in [0.2, 0.25) is 0 Å². The van der Waals surface area contributed by atoms with Gasteiger partial charge in [0.1, 0.15) is 16.6 Å². The van der Waals surface area contributed by atoms with E-state index >= 15 is 0 Å². The number of hydrogen-bond donors (Lipinski definition) is 0. The Balaban J connectivity index is 1.62. The van der Waals surface area contributed by atoms with Crippen molar-refractivity contribution >= 4 is 52.2 Å². The highest BCUT2D eigenvalue weighted by Gasteiger charge is 2.40. The Labute approximate surface area is 226 Å². The highest BCUT2D eigenvalue weighted by atomic mass is 32.1. The Kier molecular flexibility index (Phi) is 6.84. The number of aryl methyl sites for hydroxylation is 2. The second-order valence-electron chi connectivity index (χ2n) is 9.44. The van der Waals surface area contributed by atoms with Gasteiger partial charge in [0.05, 0.1) is 11.3 Å². The number of carbonyl (C=O) groups excluding carboxylic acids is 2. The highest BCUT2D eigenvalue weighted by Crippen LogP contribution is 2.38. The molecule has 0 bridgehead atoms. The first-order valence-corrected chi connectivity index (χ1v) is 13.8. The van der Waals surface area contributed by atoms with E-state index in [4.69, 9.17) is 12.2 Å². The number of carbonyl (C=O) groups is 2. The molecular formula is C29H28N4O2S2. The molecule has 0 saturated carbocycles. The number of nitriles is 1. The van der Waals surface area contributed by atoms with E-state index in [0.29, 0.717) is 18.7 Å². The lowest BCUT2D eigenvalue weighted by atomic mass is 9.96. The molecule has 188 valence electrons. The van der Waals surface area contributed by atoms with Crippen molar-refractivity contribution in [1.29, 1.82) is 5.26 Å². The fourth-order valence-corrected chi connectivity index (χ4v) is 7.04. The van der Waals surface area contributed by atoms with Gasteiger partial charge in [0, 0.05) is 22.8 Å². The largest absolute Gasteiger partial charge is 0.308 e. The van der Waals surface area contributed by atoms with E-state index in [0.717, 1.165) is 53.2 Å². The summed E-state index contributed by atoms with van der Waals surface area (Å²) in [7, 11) is 0. The minimum Gasteiger partial charge on any atom is -0.308 e. The molecule has 1 fully saturated rings. The van der Waals surface area contributed by atoms with Crippen LogP contribution in [0.4, 0.5) is 5.69 Å². The normalized spacial score (nSPS) is 16.9. The van der Waals surface area contributed by atoms with Gasteiger partial charge in [-0.05, 0) is 93.6 Å². The molecule has 0 atom stereocenters. The number of anilines is 1. The SMILES string of the molecule is CCCN1C(=O)/C(=C\c2cc(C)n(-c3sc4c(c3C#N)CCCC4)c2C)C(=O)N(c2ccccc2)C1=S. The fraction of sp³-hybridized carbons (Fsp3) is 0.310. The molecule has 2 aromatic heterocycles. The van der Waals surface area contributed by atoms with E-state index in [-0.39, 0.29) is 16.6 Å². The maximum absolute atomic E-state index is 13.7. The predicted molar refractivity (Wildman–Crippen MR) is 151 cm³/mol. The number of hydrogen-bond acceptors (Lipinski definition) is 5. The molecule has 1 aliphatic carbocycles. The van der Waals surface area contributed by atoms with Crippen LogP contribution >= 0.6 is 23.6 Å². The van der Waals surface area contributed by atoms with Crippen molar-refractivity contribution < 1.29 is 9.59 Å². The molecular weight excluding hydrogens is 500 g/mol. The monoisotopic (exact) mass is 528 g/mol. The molecule has 1 aromatic carbocycles. The van der Waals surface area contributed by atoms with Crippen molar-refractivity contribution in [2.45, 2.75) is 52.9 Å². The number of para-hydroxylation sites is 1. The van der Waals surface area contributed by atoms with Gasteiger partial charge in [-0.15, -0.1) is 11.3 Å². The van der Waals surface area contributed by atoms with E-state index in [9.17, 15) is 14.9 Å². The summed E-state index contributed by atoms with van der Waals surface area (Å²) < 4.78 is 2.09. The molecule has 37 heavy (non-hydrogen) atoms. The fourth-order valence-electron chi connectivity index (χ4n) is 5.23. The summed E-state index contributed by atoms with van der Waals surface area (Å²) in [6.07, 6.45) is 6.61. The minimum absolute atomic E-state index is 0.0807. The van der Waals surface area contributed by atoms with E-state index in [1.807, 2.05) is 57.2 Å². The van der Waals surface area contributed by atoms with Gasteiger partial charge in [-0.3, -0.25) is 19.4 Å². The van der Waals surface area contributed by atoms with Gasteiger partial charge >= 0.3 is 0 Å². The Morgan fingerprint density at radius 3 is 2.54 bits per heavy atom. The third-order valence-electron chi connectivity index (χ3n) is 7.03. The number of amides is 2. The summed E-state index contributed by atoms with van der Waals surface area (Å²) in [5, 5.41) is 11.1. The zero-order chi connectivity index (χ0) is 26.3. The number of aromatic nitrogens is 1. The molecule has 0 N–H and O–H groups in total. The quantitative estimate of drug-likeness (QED) is 0.236. The average molecular weight is 529 g/mol. The number of benzene rings is 1. The Hall–Kier alpha value is -3.54. The summed E-state index contributed by atoms with van der Waals surface area (Å²) >= 11 is 7.29.